The summed E-state index contributed by atoms with van der Waals surface area (Å²) >= 11 is 1.55. The minimum Gasteiger partial charge on any atom is -0.377 e. The molecule has 1 fully saturated rings. The van der Waals surface area contributed by atoms with Crippen LogP contribution >= 0.6 is 11.8 Å². The zero-order chi connectivity index (χ0) is 11.3. The molecule has 0 radical (unpaired) electrons. The van der Waals surface area contributed by atoms with Crippen molar-refractivity contribution in [2.24, 2.45) is 0 Å². The Morgan fingerprint density at radius 2 is 2.13 bits per heavy atom. The highest BCUT2D eigenvalue weighted by Gasteiger charge is 2.28. The molecule has 0 aromatic heterocycles. The summed E-state index contributed by atoms with van der Waals surface area (Å²) in [5.41, 5.74) is 0. The van der Waals surface area contributed by atoms with Gasteiger partial charge in [0, 0.05) is 0 Å². The van der Waals surface area contributed by atoms with Crippen molar-refractivity contribution in [2.45, 2.75) is 25.9 Å². The van der Waals surface area contributed by atoms with Gasteiger partial charge in [0.1, 0.15) is 6.21 Å². The van der Waals surface area contributed by atoms with Crippen molar-refractivity contribution in [3.8, 4) is 0 Å². The standard InChI is InChI=1S/C10H18N2O2S/c1-8-5-14-6-9(2)12(8)10(13)7-15-4-3-11/h3,8-9,11H,4-7H2,1-2H3/p+1. The number of morpholine rings is 1. The molecule has 0 saturated carbocycles. The maximum absolute atomic E-state index is 11.9. The van der Waals surface area contributed by atoms with Gasteiger partial charge in [-0.1, -0.05) is 0 Å². The molecule has 15 heavy (non-hydrogen) atoms. The van der Waals surface area contributed by atoms with Crippen molar-refractivity contribution in [2.75, 3.05) is 24.7 Å². The predicted octanol–water partition coefficient (Wildman–Crippen LogP) is -0.815. The summed E-state index contributed by atoms with van der Waals surface area (Å²) in [6.45, 7) is 5.33. The maximum atomic E-state index is 11.9. The van der Waals surface area contributed by atoms with Gasteiger partial charge >= 0.3 is 0 Å². The quantitative estimate of drug-likeness (QED) is 0.508. The highest BCUT2D eigenvalue weighted by atomic mass is 32.2. The van der Waals surface area contributed by atoms with Gasteiger partial charge in [-0.15, -0.1) is 11.8 Å². The molecule has 1 amide bonds. The van der Waals surface area contributed by atoms with Crippen LogP contribution in [0, 0.1) is 0 Å². The Morgan fingerprint density at radius 3 is 2.67 bits per heavy atom. The number of nitrogens with two attached hydrogens (primary N) is 1. The predicted molar refractivity (Wildman–Crippen MR) is 61.9 cm³/mol. The molecule has 0 aliphatic carbocycles. The lowest BCUT2D eigenvalue weighted by atomic mass is 10.2. The molecule has 1 saturated heterocycles. The third-order valence-corrected chi connectivity index (χ3v) is 3.27. The maximum Gasteiger partial charge on any atom is 0.233 e. The molecule has 4 nitrogen and oxygen atoms in total. The van der Waals surface area contributed by atoms with Crippen molar-refractivity contribution < 1.29 is 14.9 Å². The van der Waals surface area contributed by atoms with Crippen LogP contribution in [0.15, 0.2) is 0 Å². The van der Waals surface area contributed by atoms with E-state index in [1.165, 1.54) is 0 Å². The molecular weight excluding hydrogens is 212 g/mol. The SMILES string of the molecule is CC1COCC(C)N1C(=O)CSCC=[NH2+]. The summed E-state index contributed by atoms with van der Waals surface area (Å²) in [7, 11) is 0. The van der Waals surface area contributed by atoms with Crippen molar-refractivity contribution in [1.29, 1.82) is 0 Å². The number of ether oxygens (including phenoxy) is 1. The normalized spacial score (nSPS) is 26.4. The second-order valence-corrected chi connectivity index (χ2v) is 4.82. The second-order valence-electron chi connectivity index (χ2n) is 3.79. The van der Waals surface area contributed by atoms with E-state index in [0.29, 0.717) is 19.0 Å². The minimum atomic E-state index is 0.184. The monoisotopic (exact) mass is 231 g/mol. The molecule has 86 valence electrons. The zero-order valence-electron chi connectivity index (χ0n) is 9.31. The van der Waals surface area contributed by atoms with Crippen LogP contribution in [0.25, 0.3) is 0 Å². The second kappa shape index (κ2) is 6.12. The van der Waals surface area contributed by atoms with Gasteiger partial charge in [0.15, 0.2) is 0 Å². The largest absolute Gasteiger partial charge is 0.377 e. The lowest BCUT2D eigenvalue weighted by molar-refractivity contribution is -0.141. The Bertz CT molecular complexity index is 225. The van der Waals surface area contributed by atoms with Crippen molar-refractivity contribution in [3.63, 3.8) is 0 Å². The number of carbonyl (C=O) groups excluding carboxylic acids is 1. The Balaban J connectivity index is 2.44. The Kier molecular flexibility index (Phi) is 5.11. The van der Waals surface area contributed by atoms with Crippen molar-refractivity contribution >= 4 is 23.9 Å². The summed E-state index contributed by atoms with van der Waals surface area (Å²) in [6.07, 6.45) is 1.57. The molecule has 2 unspecified atom stereocenters. The molecule has 2 N–H and O–H groups in total. The molecule has 0 aromatic rings. The fourth-order valence-corrected chi connectivity index (χ4v) is 2.36. The molecule has 1 aliphatic heterocycles. The molecule has 0 aromatic carbocycles. The molecule has 2 atom stereocenters. The van der Waals surface area contributed by atoms with E-state index in [4.69, 9.17) is 10.1 Å². The van der Waals surface area contributed by atoms with Gasteiger partial charge in [-0.3, -0.25) is 10.2 Å². The molecule has 1 heterocycles. The third kappa shape index (κ3) is 3.50. The van der Waals surface area contributed by atoms with Crippen LogP contribution in [0.2, 0.25) is 0 Å². The first-order valence-electron chi connectivity index (χ1n) is 5.17. The van der Waals surface area contributed by atoms with Crippen LogP contribution in [-0.2, 0) is 9.53 Å². The van der Waals surface area contributed by atoms with Crippen LogP contribution in [0.4, 0.5) is 0 Å². The molecule has 1 aliphatic rings. The van der Waals surface area contributed by atoms with Crippen LogP contribution < -0.4 is 5.41 Å². The number of rotatable bonds is 4. The number of hydrogen-bond donors (Lipinski definition) is 1. The van der Waals surface area contributed by atoms with E-state index < -0.39 is 0 Å². The summed E-state index contributed by atoms with van der Waals surface area (Å²) in [6, 6.07) is 0.368. The average molecular weight is 231 g/mol. The van der Waals surface area contributed by atoms with E-state index in [0.717, 1.165) is 5.75 Å². The smallest absolute Gasteiger partial charge is 0.233 e. The topological polar surface area (TPSA) is 55.1 Å². The average Bonchev–Trinajstić information content (AvgIpc) is 2.18. The van der Waals surface area contributed by atoms with E-state index in [-0.39, 0.29) is 18.0 Å². The van der Waals surface area contributed by atoms with Crippen LogP contribution in [0.3, 0.4) is 0 Å². The zero-order valence-corrected chi connectivity index (χ0v) is 10.1. The van der Waals surface area contributed by atoms with Gasteiger partial charge < -0.3 is 9.64 Å². The first-order chi connectivity index (χ1) is 7.16. The highest BCUT2D eigenvalue weighted by molar-refractivity contribution is 8.00. The van der Waals surface area contributed by atoms with Gasteiger partial charge in [0.25, 0.3) is 0 Å². The van der Waals surface area contributed by atoms with Crippen molar-refractivity contribution in [1.82, 2.24) is 4.90 Å². The number of nitrogens with zero attached hydrogens (tertiary/aromatic N) is 1. The lowest BCUT2D eigenvalue weighted by Gasteiger charge is -2.38. The molecule has 5 heteroatoms. The lowest BCUT2D eigenvalue weighted by Crippen LogP contribution is -2.53. The fraction of sp³-hybridized carbons (Fsp3) is 0.800. The number of carbonyl (C=O) groups is 1. The van der Waals surface area contributed by atoms with E-state index in [2.05, 4.69) is 0 Å². The first-order valence-corrected chi connectivity index (χ1v) is 6.32. The van der Waals surface area contributed by atoms with E-state index in [1.807, 2.05) is 18.7 Å². The van der Waals surface area contributed by atoms with Gasteiger partial charge in [0.05, 0.1) is 36.8 Å². The summed E-state index contributed by atoms with van der Waals surface area (Å²) in [5, 5.41) is 5.26. The number of thioether (sulfide) groups is 1. The van der Waals surface area contributed by atoms with E-state index >= 15 is 0 Å². The molecule has 0 spiro atoms. The summed E-state index contributed by atoms with van der Waals surface area (Å²) in [4.78, 5) is 13.8. The number of hydrogen-bond acceptors (Lipinski definition) is 3. The summed E-state index contributed by atoms with van der Waals surface area (Å²) in [5.74, 6) is 1.41. The van der Waals surface area contributed by atoms with Gasteiger partial charge in [0.2, 0.25) is 5.91 Å². The van der Waals surface area contributed by atoms with Crippen molar-refractivity contribution in [3.05, 3.63) is 0 Å². The van der Waals surface area contributed by atoms with Crippen LogP contribution in [0.5, 0.6) is 0 Å². The molecular formula is C10H19N2O2S+. The van der Waals surface area contributed by atoms with E-state index in [1.54, 1.807) is 18.0 Å². The fourth-order valence-electron chi connectivity index (χ4n) is 1.78. The molecule has 0 bridgehead atoms. The Labute approximate surface area is 94.9 Å². The highest BCUT2D eigenvalue weighted by Crippen LogP contribution is 2.14. The number of amides is 1. The first kappa shape index (κ1) is 12.5. The summed E-state index contributed by atoms with van der Waals surface area (Å²) < 4.78 is 5.37. The Hall–Kier alpha value is -0.550. The minimum absolute atomic E-state index is 0.184. The Morgan fingerprint density at radius 1 is 1.53 bits per heavy atom. The van der Waals surface area contributed by atoms with Gasteiger partial charge in [-0.05, 0) is 13.8 Å². The van der Waals surface area contributed by atoms with E-state index in [9.17, 15) is 4.79 Å². The third-order valence-electron chi connectivity index (χ3n) is 2.40. The van der Waals surface area contributed by atoms with Gasteiger partial charge in [-0.2, -0.15) is 0 Å². The van der Waals surface area contributed by atoms with Gasteiger partial charge in [-0.25, -0.2) is 0 Å². The van der Waals surface area contributed by atoms with Crippen LogP contribution in [-0.4, -0.2) is 53.8 Å². The van der Waals surface area contributed by atoms with Crippen LogP contribution in [0.1, 0.15) is 13.8 Å². The molecule has 1 rings (SSSR count).